The average Bonchev–Trinajstić information content (AvgIpc) is 2.66. The molecule has 2 aromatic rings. The molecule has 0 aromatic heterocycles. The summed E-state index contributed by atoms with van der Waals surface area (Å²) in [6.07, 6.45) is 0. The SMILES string of the molecule is CCOc1cc(C(=O)NCCOc2ccc(F)c(F)c2)ccc1OCC(=O)O. The molecule has 2 rings (SSSR count). The van der Waals surface area contributed by atoms with E-state index >= 15 is 0 Å². The van der Waals surface area contributed by atoms with Crippen molar-refractivity contribution in [2.24, 2.45) is 0 Å². The summed E-state index contributed by atoms with van der Waals surface area (Å²) in [5.41, 5.74) is 0.277. The molecule has 7 nitrogen and oxygen atoms in total. The maximum atomic E-state index is 13.1. The van der Waals surface area contributed by atoms with E-state index in [9.17, 15) is 18.4 Å². The second-order valence-electron chi connectivity index (χ2n) is 5.46. The van der Waals surface area contributed by atoms with Crippen LogP contribution in [-0.4, -0.2) is 43.3 Å². The van der Waals surface area contributed by atoms with Gasteiger partial charge in [-0.1, -0.05) is 0 Å². The highest BCUT2D eigenvalue weighted by atomic mass is 19.2. The third kappa shape index (κ3) is 6.11. The van der Waals surface area contributed by atoms with Crippen molar-refractivity contribution in [3.63, 3.8) is 0 Å². The normalized spacial score (nSPS) is 10.2. The maximum Gasteiger partial charge on any atom is 0.341 e. The Morgan fingerprint density at radius 1 is 1.00 bits per heavy atom. The number of hydrogen-bond donors (Lipinski definition) is 2. The molecular weight excluding hydrogens is 376 g/mol. The number of aliphatic carboxylic acids is 1. The monoisotopic (exact) mass is 395 g/mol. The summed E-state index contributed by atoms with van der Waals surface area (Å²) in [6.45, 7) is 1.68. The van der Waals surface area contributed by atoms with Crippen LogP contribution in [0.3, 0.4) is 0 Å². The molecule has 150 valence electrons. The maximum absolute atomic E-state index is 13.1. The fraction of sp³-hybridized carbons (Fsp3) is 0.263. The van der Waals surface area contributed by atoms with E-state index < -0.39 is 30.1 Å². The Morgan fingerprint density at radius 3 is 2.46 bits per heavy atom. The van der Waals surface area contributed by atoms with Gasteiger partial charge >= 0.3 is 5.97 Å². The second-order valence-corrected chi connectivity index (χ2v) is 5.46. The molecule has 0 saturated heterocycles. The lowest BCUT2D eigenvalue weighted by molar-refractivity contribution is -0.139. The van der Waals surface area contributed by atoms with Crippen LogP contribution in [0.5, 0.6) is 17.2 Å². The largest absolute Gasteiger partial charge is 0.492 e. The summed E-state index contributed by atoms with van der Waals surface area (Å²) < 4.78 is 41.7. The molecule has 0 radical (unpaired) electrons. The summed E-state index contributed by atoms with van der Waals surface area (Å²) >= 11 is 0. The molecule has 0 aliphatic rings. The molecule has 0 saturated carbocycles. The van der Waals surface area contributed by atoms with Crippen LogP contribution in [0.15, 0.2) is 36.4 Å². The Bertz CT molecular complexity index is 843. The smallest absolute Gasteiger partial charge is 0.341 e. The molecule has 0 aliphatic heterocycles. The highest BCUT2D eigenvalue weighted by Gasteiger charge is 2.12. The molecule has 0 bridgehead atoms. The van der Waals surface area contributed by atoms with Crippen LogP contribution in [0.2, 0.25) is 0 Å². The van der Waals surface area contributed by atoms with Gasteiger partial charge in [-0.3, -0.25) is 4.79 Å². The average molecular weight is 395 g/mol. The molecule has 28 heavy (non-hydrogen) atoms. The van der Waals surface area contributed by atoms with Crippen molar-refractivity contribution in [3.8, 4) is 17.2 Å². The molecule has 9 heteroatoms. The summed E-state index contributed by atoms with van der Waals surface area (Å²) in [4.78, 5) is 22.8. The van der Waals surface area contributed by atoms with Gasteiger partial charge in [-0.05, 0) is 37.3 Å². The van der Waals surface area contributed by atoms with Crippen LogP contribution in [0, 0.1) is 11.6 Å². The number of ether oxygens (including phenoxy) is 3. The number of amides is 1. The van der Waals surface area contributed by atoms with E-state index in [1.165, 1.54) is 24.3 Å². The fourth-order valence-electron chi connectivity index (χ4n) is 2.18. The van der Waals surface area contributed by atoms with Crippen molar-refractivity contribution >= 4 is 11.9 Å². The van der Waals surface area contributed by atoms with Crippen molar-refractivity contribution in [1.29, 1.82) is 0 Å². The first-order valence-corrected chi connectivity index (χ1v) is 8.38. The van der Waals surface area contributed by atoms with E-state index in [4.69, 9.17) is 19.3 Å². The van der Waals surface area contributed by atoms with Gasteiger partial charge in [0.05, 0.1) is 13.2 Å². The van der Waals surface area contributed by atoms with Gasteiger partial charge < -0.3 is 24.6 Å². The minimum atomic E-state index is -1.13. The number of carboxylic acid groups (broad SMARTS) is 1. The van der Waals surface area contributed by atoms with E-state index in [-0.39, 0.29) is 36.0 Å². The number of carbonyl (C=O) groups excluding carboxylic acids is 1. The Morgan fingerprint density at radius 2 is 1.79 bits per heavy atom. The van der Waals surface area contributed by atoms with Crippen molar-refractivity contribution in [3.05, 3.63) is 53.6 Å². The van der Waals surface area contributed by atoms with E-state index in [0.29, 0.717) is 6.61 Å². The quantitative estimate of drug-likeness (QED) is 0.601. The van der Waals surface area contributed by atoms with Gasteiger partial charge in [0.15, 0.2) is 29.7 Å². The van der Waals surface area contributed by atoms with Gasteiger partial charge in [0.1, 0.15) is 12.4 Å². The molecule has 0 aliphatic carbocycles. The molecule has 0 atom stereocenters. The molecule has 1 amide bonds. The van der Waals surface area contributed by atoms with Crippen LogP contribution in [-0.2, 0) is 4.79 Å². The Labute approximate surface area is 159 Å². The topological polar surface area (TPSA) is 94.1 Å². The van der Waals surface area contributed by atoms with Gasteiger partial charge in [0.25, 0.3) is 5.91 Å². The first-order valence-electron chi connectivity index (χ1n) is 8.38. The minimum Gasteiger partial charge on any atom is -0.492 e. The number of halogens is 2. The molecule has 2 aromatic carbocycles. The first-order chi connectivity index (χ1) is 13.4. The lowest BCUT2D eigenvalue weighted by Gasteiger charge is -2.13. The number of nitrogens with one attached hydrogen (secondary N) is 1. The first kappa shape index (κ1) is 20.9. The molecular formula is C19H19F2NO6. The van der Waals surface area contributed by atoms with E-state index in [2.05, 4.69) is 5.32 Å². The standard InChI is InChI=1S/C19H19F2NO6/c1-2-26-17-9-12(3-6-16(17)28-11-18(23)24)19(25)22-7-8-27-13-4-5-14(20)15(21)10-13/h3-6,9-10H,2,7-8,11H2,1H3,(H,22,25)(H,23,24). The summed E-state index contributed by atoms with van der Waals surface area (Å²) in [5.74, 6) is -2.94. The Balaban J connectivity index is 1.90. The van der Waals surface area contributed by atoms with Crippen molar-refractivity contribution < 1.29 is 37.7 Å². The van der Waals surface area contributed by atoms with E-state index in [1.54, 1.807) is 6.92 Å². The number of hydrogen-bond acceptors (Lipinski definition) is 5. The van der Waals surface area contributed by atoms with Crippen LogP contribution in [0.4, 0.5) is 8.78 Å². The summed E-state index contributed by atoms with van der Waals surface area (Å²) in [7, 11) is 0. The molecule has 0 fully saturated rings. The molecule has 0 unspecified atom stereocenters. The van der Waals surface area contributed by atoms with Gasteiger partial charge in [0, 0.05) is 11.6 Å². The fourth-order valence-corrected chi connectivity index (χ4v) is 2.18. The number of benzene rings is 2. The second kappa shape index (κ2) is 10.1. The Kier molecular flexibility index (Phi) is 7.55. The number of carbonyl (C=O) groups is 2. The lowest BCUT2D eigenvalue weighted by atomic mass is 10.2. The van der Waals surface area contributed by atoms with Gasteiger partial charge in [-0.15, -0.1) is 0 Å². The zero-order valence-corrected chi connectivity index (χ0v) is 15.0. The molecule has 0 heterocycles. The lowest BCUT2D eigenvalue weighted by Crippen LogP contribution is -2.28. The molecule has 0 spiro atoms. The van der Waals surface area contributed by atoms with Crippen LogP contribution in [0.25, 0.3) is 0 Å². The zero-order chi connectivity index (χ0) is 20.5. The van der Waals surface area contributed by atoms with Crippen LogP contribution < -0.4 is 19.5 Å². The summed E-state index contributed by atoms with van der Waals surface area (Å²) in [5, 5.41) is 11.3. The highest BCUT2D eigenvalue weighted by Crippen LogP contribution is 2.28. The van der Waals surface area contributed by atoms with Crippen molar-refractivity contribution in [2.75, 3.05) is 26.4 Å². The third-order valence-electron chi connectivity index (χ3n) is 3.40. The van der Waals surface area contributed by atoms with Crippen LogP contribution in [0.1, 0.15) is 17.3 Å². The molecule has 2 N–H and O–H groups in total. The van der Waals surface area contributed by atoms with Gasteiger partial charge in [0.2, 0.25) is 0 Å². The van der Waals surface area contributed by atoms with Gasteiger partial charge in [-0.2, -0.15) is 0 Å². The Hall–Kier alpha value is -3.36. The van der Waals surface area contributed by atoms with Crippen molar-refractivity contribution in [1.82, 2.24) is 5.32 Å². The summed E-state index contributed by atoms with van der Waals surface area (Å²) in [6, 6.07) is 7.50. The minimum absolute atomic E-state index is 0.0505. The predicted molar refractivity (Wildman–Crippen MR) is 94.9 cm³/mol. The highest BCUT2D eigenvalue weighted by molar-refractivity contribution is 5.94. The third-order valence-corrected chi connectivity index (χ3v) is 3.40. The van der Waals surface area contributed by atoms with Crippen molar-refractivity contribution in [2.45, 2.75) is 6.92 Å². The zero-order valence-electron chi connectivity index (χ0n) is 15.0. The van der Waals surface area contributed by atoms with E-state index in [0.717, 1.165) is 12.1 Å². The predicted octanol–water partition coefficient (Wildman–Crippen LogP) is 2.64. The van der Waals surface area contributed by atoms with Crippen LogP contribution >= 0.6 is 0 Å². The van der Waals surface area contributed by atoms with E-state index in [1.807, 2.05) is 0 Å². The number of carboxylic acids is 1. The number of rotatable bonds is 10. The van der Waals surface area contributed by atoms with Gasteiger partial charge in [-0.25, -0.2) is 13.6 Å².